The van der Waals surface area contributed by atoms with E-state index in [9.17, 15) is 9.18 Å². The highest BCUT2D eigenvalue weighted by molar-refractivity contribution is 7.14. The molecular weight excluding hydrogens is 357 g/mol. The van der Waals surface area contributed by atoms with Gasteiger partial charge in [-0.3, -0.25) is 10.1 Å². The molecule has 6 nitrogen and oxygen atoms in total. The van der Waals surface area contributed by atoms with Crippen molar-refractivity contribution in [1.82, 2.24) is 10.3 Å². The summed E-state index contributed by atoms with van der Waals surface area (Å²) in [7, 11) is 1.41. The molecular formula is C15H17ClFN3O3S. The topological polar surface area (TPSA) is 72.5 Å². The van der Waals surface area contributed by atoms with E-state index in [1.165, 1.54) is 24.5 Å². The van der Waals surface area contributed by atoms with Crippen LogP contribution < -0.4 is 15.4 Å². The Bertz CT molecular complexity index is 707. The number of carbonyl (C=O) groups is 1. The quantitative estimate of drug-likeness (QED) is 0.860. The van der Waals surface area contributed by atoms with Crippen LogP contribution in [0.4, 0.5) is 9.52 Å². The number of morpholine rings is 1. The van der Waals surface area contributed by atoms with E-state index >= 15 is 0 Å². The number of halogens is 2. The summed E-state index contributed by atoms with van der Waals surface area (Å²) in [5, 5.41) is 8.03. The Kier molecular flexibility index (Phi) is 6.50. The minimum Gasteiger partial charge on any atom is -0.494 e. The summed E-state index contributed by atoms with van der Waals surface area (Å²) < 4.78 is 24.0. The lowest BCUT2D eigenvalue weighted by molar-refractivity contribution is -0.128. The van der Waals surface area contributed by atoms with Gasteiger partial charge in [0.1, 0.15) is 6.10 Å². The zero-order valence-electron chi connectivity index (χ0n) is 12.9. The molecule has 2 N–H and O–H groups in total. The summed E-state index contributed by atoms with van der Waals surface area (Å²) in [6, 6.07) is 4.62. The number of ether oxygens (including phenoxy) is 2. The van der Waals surface area contributed by atoms with Gasteiger partial charge in [0.05, 0.1) is 19.4 Å². The minimum atomic E-state index is -0.519. The largest absolute Gasteiger partial charge is 0.494 e. The molecule has 1 fully saturated rings. The van der Waals surface area contributed by atoms with E-state index in [4.69, 9.17) is 9.47 Å². The highest BCUT2D eigenvalue weighted by Gasteiger charge is 2.22. The fraction of sp³-hybridized carbons (Fsp3) is 0.333. The third-order valence-corrected chi connectivity index (χ3v) is 4.16. The molecule has 0 unspecified atom stereocenters. The van der Waals surface area contributed by atoms with E-state index in [0.29, 0.717) is 29.5 Å². The maximum Gasteiger partial charge on any atom is 0.256 e. The Hall–Kier alpha value is -1.74. The highest BCUT2D eigenvalue weighted by Crippen LogP contribution is 2.28. The number of thiazole rings is 1. The van der Waals surface area contributed by atoms with Gasteiger partial charge >= 0.3 is 0 Å². The molecule has 0 bridgehead atoms. The number of hydrogen-bond donors (Lipinski definition) is 2. The summed E-state index contributed by atoms with van der Waals surface area (Å²) in [5.74, 6) is -0.510. The van der Waals surface area contributed by atoms with Crippen molar-refractivity contribution >= 4 is 34.8 Å². The number of rotatable bonds is 4. The van der Waals surface area contributed by atoms with Crippen LogP contribution in [-0.2, 0) is 9.53 Å². The minimum absolute atomic E-state index is 0. The first-order valence-electron chi connectivity index (χ1n) is 7.10. The van der Waals surface area contributed by atoms with E-state index in [1.54, 1.807) is 17.5 Å². The molecule has 0 radical (unpaired) electrons. The average molecular weight is 374 g/mol. The second-order valence-electron chi connectivity index (χ2n) is 4.94. The molecule has 1 aromatic heterocycles. The highest BCUT2D eigenvalue weighted by atomic mass is 35.5. The number of anilines is 1. The fourth-order valence-electron chi connectivity index (χ4n) is 2.21. The molecule has 0 spiro atoms. The summed E-state index contributed by atoms with van der Waals surface area (Å²) in [5.41, 5.74) is 1.21. The average Bonchev–Trinajstić information content (AvgIpc) is 3.04. The Morgan fingerprint density at radius 2 is 2.38 bits per heavy atom. The van der Waals surface area contributed by atoms with Crippen LogP contribution in [0.15, 0.2) is 23.6 Å². The first kappa shape index (κ1) is 18.6. The molecule has 1 atom stereocenters. The van der Waals surface area contributed by atoms with Gasteiger partial charge in [-0.1, -0.05) is 0 Å². The number of amides is 1. The van der Waals surface area contributed by atoms with Gasteiger partial charge in [-0.25, -0.2) is 9.37 Å². The Morgan fingerprint density at radius 3 is 3.04 bits per heavy atom. The Labute approximate surface area is 148 Å². The van der Waals surface area contributed by atoms with E-state index in [-0.39, 0.29) is 24.1 Å². The number of benzene rings is 1. The standard InChI is InChI=1S/C15H16FN3O3S.ClH/c1-21-12-3-2-9(6-10(12)16)11-8-23-15(18-11)19-14(20)13-7-17-4-5-22-13;/h2-3,6,8,13,17H,4-5,7H2,1H3,(H,18,19,20);1H/t13-;/m1./s1. The maximum absolute atomic E-state index is 13.8. The number of hydrogen-bond acceptors (Lipinski definition) is 6. The van der Waals surface area contributed by atoms with E-state index in [2.05, 4.69) is 15.6 Å². The zero-order valence-corrected chi connectivity index (χ0v) is 14.5. The van der Waals surface area contributed by atoms with Crippen molar-refractivity contribution in [2.75, 3.05) is 32.1 Å². The molecule has 2 heterocycles. The second kappa shape index (κ2) is 8.39. The van der Waals surface area contributed by atoms with Crippen molar-refractivity contribution in [2.24, 2.45) is 0 Å². The van der Waals surface area contributed by atoms with Crippen LogP contribution in [-0.4, -0.2) is 43.8 Å². The van der Waals surface area contributed by atoms with Gasteiger partial charge in [0.15, 0.2) is 16.7 Å². The molecule has 24 heavy (non-hydrogen) atoms. The van der Waals surface area contributed by atoms with Crippen LogP contribution in [0.1, 0.15) is 0 Å². The van der Waals surface area contributed by atoms with Crippen LogP contribution in [0.2, 0.25) is 0 Å². The molecule has 130 valence electrons. The summed E-state index contributed by atoms with van der Waals surface area (Å²) in [4.78, 5) is 16.4. The number of aromatic nitrogens is 1. The third-order valence-electron chi connectivity index (χ3n) is 3.40. The van der Waals surface area contributed by atoms with Gasteiger partial charge < -0.3 is 14.8 Å². The van der Waals surface area contributed by atoms with Crippen molar-refractivity contribution in [3.63, 3.8) is 0 Å². The normalized spacial score (nSPS) is 17.0. The molecule has 1 aliphatic heterocycles. The monoisotopic (exact) mass is 373 g/mol. The van der Waals surface area contributed by atoms with Crippen molar-refractivity contribution in [2.45, 2.75) is 6.10 Å². The van der Waals surface area contributed by atoms with Crippen LogP contribution in [0.3, 0.4) is 0 Å². The van der Waals surface area contributed by atoms with Crippen molar-refractivity contribution < 1.29 is 18.7 Å². The SMILES string of the molecule is COc1ccc(-c2csc(NC(=O)[C@H]3CNCCO3)n2)cc1F.Cl. The van der Waals surface area contributed by atoms with Crippen LogP contribution in [0.25, 0.3) is 11.3 Å². The van der Waals surface area contributed by atoms with Gasteiger partial charge in [-0.05, 0) is 18.2 Å². The summed E-state index contributed by atoms with van der Waals surface area (Å²) in [6.45, 7) is 1.73. The molecule has 9 heteroatoms. The molecule has 1 aromatic carbocycles. The van der Waals surface area contributed by atoms with E-state index in [0.717, 1.165) is 6.54 Å². The number of nitrogens with one attached hydrogen (secondary N) is 2. The molecule has 3 rings (SSSR count). The van der Waals surface area contributed by atoms with Crippen LogP contribution >= 0.6 is 23.7 Å². The van der Waals surface area contributed by atoms with E-state index in [1.807, 2.05) is 0 Å². The second-order valence-corrected chi connectivity index (χ2v) is 5.80. The predicted octanol–water partition coefficient (Wildman–Crippen LogP) is 2.31. The summed E-state index contributed by atoms with van der Waals surface area (Å²) in [6.07, 6.45) is -0.519. The number of carbonyl (C=O) groups excluding carboxylic acids is 1. The van der Waals surface area contributed by atoms with Gasteiger partial charge in [-0.2, -0.15) is 0 Å². The smallest absolute Gasteiger partial charge is 0.256 e. The lowest BCUT2D eigenvalue weighted by atomic mass is 10.1. The van der Waals surface area contributed by atoms with Crippen molar-refractivity contribution in [3.8, 4) is 17.0 Å². The van der Waals surface area contributed by atoms with Crippen molar-refractivity contribution in [1.29, 1.82) is 0 Å². The van der Waals surface area contributed by atoms with Crippen molar-refractivity contribution in [3.05, 3.63) is 29.4 Å². The summed E-state index contributed by atoms with van der Waals surface area (Å²) >= 11 is 1.28. The number of methoxy groups -OCH3 is 1. The molecule has 1 amide bonds. The maximum atomic E-state index is 13.8. The Morgan fingerprint density at radius 1 is 1.54 bits per heavy atom. The molecule has 1 aliphatic rings. The van der Waals surface area contributed by atoms with E-state index < -0.39 is 11.9 Å². The van der Waals surface area contributed by atoms with Gasteiger partial charge in [-0.15, -0.1) is 23.7 Å². The molecule has 2 aromatic rings. The van der Waals surface area contributed by atoms with Crippen LogP contribution in [0, 0.1) is 5.82 Å². The van der Waals surface area contributed by atoms with Crippen LogP contribution in [0.5, 0.6) is 5.75 Å². The first-order chi connectivity index (χ1) is 11.2. The van der Waals surface area contributed by atoms with Gasteiger partial charge in [0, 0.05) is 24.0 Å². The fourth-order valence-corrected chi connectivity index (χ4v) is 2.93. The lowest BCUT2D eigenvalue weighted by Crippen LogP contribution is -2.45. The molecule has 1 saturated heterocycles. The zero-order chi connectivity index (χ0) is 16.2. The lowest BCUT2D eigenvalue weighted by Gasteiger charge is -2.22. The van der Waals surface area contributed by atoms with Gasteiger partial charge in [0.2, 0.25) is 0 Å². The van der Waals surface area contributed by atoms with Gasteiger partial charge in [0.25, 0.3) is 5.91 Å². The molecule has 0 saturated carbocycles. The third kappa shape index (κ3) is 4.21. The predicted molar refractivity (Wildman–Crippen MR) is 92.5 cm³/mol. The number of nitrogens with zero attached hydrogens (tertiary/aromatic N) is 1. The Balaban J connectivity index is 0.00000208. The first-order valence-corrected chi connectivity index (χ1v) is 7.98. The molecule has 0 aliphatic carbocycles.